The molecule has 15 heavy (non-hydrogen) atoms. The zero-order valence-electron chi connectivity index (χ0n) is 8.38. The Bertz CT molecular complexity index is 393. The van der Waals surface area contributed by atoms with E-state index in [0.29, 0.717) is 15.2 Å². The molecular weight excluding hydrogens is 281 g/mol. The van der Waals surface area contributed by atoms with Gasteiger partial charge in [0.1, 0.15) is 5.56 Å². The van der Waals surface area contributed by atoms with Gasteiger partial charge in [-0.15, -0.1) is 0 Å². The Hall–Kier alpha value is -0.740. The number of carbonyl (C=O) groups excluding carboxylic acids is 1. The molecule has 82 valence electrons. The van der Waals surface area contributed by atoms with E-state index in [0.717, 1.165) is 0 Å². The zero-order valence-corrected chi connectivity index (χ0v) is 10.7. The van der Waals surface area contributed by atoms with Crippen molar-refractivity contribution in [2.45, 2.75) is 20.0 Å². The zero-order chi connectivity index (χ0) is 11.6. The topological polar surface area (TPSA) is 52.3 Å². The van der Waals surface area contributed by atoms with Crippen LogP contribution >= 0.6 is 27.5 Å². The average Bonchev–Trinajstić information content (AvgIpc) is 2.11. The van der Waals surface area contributed by atoms with Crippen molar-refractivity contribution in [2.24, 2.45) is 0 Å². The first kappa shape index (κ1) is 12.3. The van der Waals surface area contributed by atoms with Gasteiger partial charge in [0.2, 0.25) is 0 Å². The maximum atomic E-state index is 11.6. The van der Waals surface area contributed by atoms with Crippen LogP contribution in [0.1, 0.15) is 24.2 Å². The van der Waals surface area contributed by atoms with E-state index in [2.05, 4.69) is 15.9 Å². The number of halogens is 2. The second-order valence-corrected chi connectivity index (χ2v) is 4.53. The van der Waals surface area contributed by atoms with Crippen molar-refractivity contribution >= 4 is 39.2 Å². The van der Waals surface area contributed by atoms with Crippen LogP contribution in [0.5, 0.6) is 0 Å². The highest BCUT2D eigenvalue weighted by atomic mass is 79.9. The standard InChI is InChI=1S/C10H11BrClNO2/c1-5(2)15-10(14)8-7(12)4-3-6(11)9(8)13/h3-5H,13H2,1-2H3. The van der Waals surface area contributed by atoms with Gasteiger partial charge in [0.05, 0.1) is 16.8 Å². The summed E-state index contributed by atoms with van der Waals surface area (Å²) in [5, 5.41) is 0.293. The minimum Gasteiger partial charge on any atom is -0.459 e. The van der Waals surface area contributed by atoms with Gasteiger partial charge in [0.15, 0.2) is 0 Å². The van der Waals surface area contributed by atoms with Crippen LogP contribution in [0.25, 0.3) is 0 Å². The maximum absolute atomic E-state index is 11.6. The predicted octanol–water partition coefficient (Wildman–Crippen LogP) is 3.25. The van der Waals surface area contributed by atoms with Crippen molar-refractivity contribution in [3.8, 4) is 0 Å². The van der Waals surface area contributed by atoms with Crippen molar-refractivity contribution in [3.05, 3.63) is 27.2 Å². The Morgan fingerprint density at radius 3 is 2.67 bits per heavy atom. The van der Waals surface area contributed by atoms with Crippen LogP contribution in [-0.2, 0) is 4.74 Å². The highest BCUT2D eigenvalue weighted by Crippen LogP contribution is 2.30. The molecule has 1 aromatic carbocycles. The number of nitrogens with two attached hydrogens (primary N) is 1. The number of hydrogen-bond donors (Lipinski definition) is 1. The highest BCUT2D eigenvalue weighted by molar-refractivity contribution is 9.10. The Labute approximate surface area is 102 Å². The molecule has 0 aromatic heterocycles. The van der Waals surface area contributed by atoms with E-state index in [1.165, 1.54) is 0 Å². The van der Waals surface area contributed by atoms with Crippen molar-refractivity contribution < 1.29 is 9.53 Å². The summed E-state index contributed by atoms with van der Waals surface area (Å²) in [5.74, 6) is -0.506. The first-order chi connectivity index (χ1) is 6.93. The number of anilines is 1. The smallest absolute Gasteiger partial charge is 0.342 e. The van der Waals surface area contributed by atoms with Gasteiger partial charge in [-0.05, 0) is 41.9 Å². The molecular formula is C10H11BrClNO2. The number of esters is 1. The molecule has 0 saturated heterocycles. The Morgan fingerprint density at radius 2 is 2.13 bits per heavy atom. The van der Waals surface area contributed by atoms with E-state index in [1.54, 1.807) is 26.0 Å². The fourth-order valence-electron chi connectivity index (χ4n) is 1.05. The molecule has 0 heterocycles. The largest absolute Gasteiger partial charge is 0.459 e. The van der Waals surface area contributed by atoms with Gasteiger partial charge in [-0.3, -0.25) is 0 Å². The van der Waals surface area contributed by atoms with Crippen molar-refractivity contribution in [1.82, 2.24) is 0 Å². The van der Waals surface area contributed by atoms with Crippen molar-refractivity contribution in [1.29, 1.82) is 0 Å². The summed E-state index contributed by atoms with van der Waals surface area (Å²) in [5.41, 5.74) is 6.24. The first-order valence-corrected chi connectivity index (χ1v) is 5.55. The molecule has 0 radical (unpaired) electrons. The quantitative estimate of drug-likeness (QED) is 0.672. The predicted molar refractivity (Wildman–Crippen MR) is 64.1 cm³/mol. The monoisotopic (exact) mass is 291 g/mol. The summed E-state index contributed by atoms with van der Waals surface area (Å²) in [6.07, 6.45) is -0.202. The average molecular weight is 293 g/mol. The lowest BCUT2D eigenvalue weighted by molar-refractivity contribution is 0.0379. The number of rotatable bonds is 2. The molecule has 0 unspecified atom stereocenters. The molecule has 2 N–H and O–H groups in total. The van der Waals surface area contributed by atoms with Crippen LogP contribution in [0.3, 0.4) is 0 Å². The molecule has 5 heteroatoms. The van der Waals surface area contributed by atoms with Gasteiger partial charge in [-0.25, -0.2) is 4.79 Å². The summed E-state index contributed by atoms with van der Waals surface area (Å²) >= 11 is 9.10. The highest BCUT2D eigenvalue weighted by Gasteiger charge is 2.18. The number of carbonyl (C=O) groups is 1. The van der Waals surface area contributed by atoms with Gasteiger partial charge in [0, 0.05) is 4.47 Å². The SMILES string of the molecule is CC(C)OC(=O)c1c(Cl)ccc(Br)c1N. The van der Waals surface area contributed by atoms with E-state index in [9.17, 15) is 4.79 Å². The molecule has 0 aliphatic heterocycles. The van der Waals surface area contributed by atoms with Crippen LogP contribution < -0.4 is 5.73 Å². The molecule has 3 nitrogen and oxygen atoms in total. The molecule has 0 saturated carbocycles. The summed E-state index contributed by atoms with van der Waals surface area (Å²) in [6, 6.07) is 3.28. The maximum Gasteiger partial charge on any atom is 0.342 e. The number of hydrogen-bond acceptors (Lipinski definition) is 3. The van der Waals surface area contributed by atoms with Crippen LogP contribution in [0.15, 0.2) is 16.6 Å². The fourth-order valence-corrected chi connectivity index (χ4v) is 1.62. The summed E-state index contributed by atoms with van der Waals surface area (Å²) in [4.78, 5) is 11.6. The lowest BCUT2D eigenvalue weighted by Gasteiger charge is -2.11. The molecule has 0 fully saturated rings. The Morgan fingerprint density at radius 1 is 1.53 bits per heavy atom. The summed E-state index contributed by atoms with van der Waals surface area (Å²) in [7, 11) is 0. The van der Waals surface area contributed by atoms with Gasteiger partial charge in [-0.2, -0.15) is 0 Å². The van der Waals surface area contributed by atoms with Gasteiger partial charge >= 0.3 is 5.97 Å². The van der Waals surface area contributed by atoms with Crippen LogP contribution in [-0.4, -0.2) is 12.1 Å². The van der Waals surface area contributed by atoms with Gasteiger partial charge in [0.25, 0.3) is 0 Å². The Kier molecular flexibility index (Phi) is 3.99. The van der Waals surface area contributed by atoms with E-state index in [1.807, 2.05) is 0 Å². The number of nitrogen functional groups attached to an aromatic ring is 1. The van der Waals surface area contributed by atoms with Crippen molar-refractivity contribution in [2.75, 3.05) is 5.73 Å². The van der Waals surface area contributed by atoms with Crippen LogP contribution in [0, 0.1) is 0 Å². The number of benzene rings is 1. The molecule has 0 spiro atoms. The van der Waals surface area contributed by atoms with Gasteiger partial charge < -0.3 is 10.5 Å². The first-order valence-electron chi connectivity index (χ1n) is 4.38. The minimum absolute atomic E-state index is 0.202. The van der Waals surface area contributed by atoms with Crippen molar-refractivity contribution in [3.63, 3.8) is 0 Å². The summed E-state index contributed by atoms with van der Waals surface area (Å²) < 4.78 is 5.66. The summed E-state index contributed by atoms with van der Waals surface area (Å²) in [6.45, 7) is 3.53. The van der Waals surface area contributed by atoms with E-state index in [-0.39, 0.29) is 11.7 Å². The molecule has 1 aromatic rings. The lowest BCUT2D eigenvalue weighted by Crippen LogP contribution is -2.14. The van der Waals surface area contributed by atoms with E-state index in [4.69, 9.17) is 22.1 Å². The normalized spacial score (nSPS) is 10.5. The second-order valence-electron chi connectivity index (χ2n) is 3.27. The minimum atomic E-state index is -0.506. The Balaban J connectivity index is 3.13. The fraction of sp³-hybridized carbons (Fsp3) is 0.300. The molecule has 0 atom stereocenters. The lowest BCUT2D eigenvalue weighted by atomic mass is 10.2. The third kappa shape index (κ3) is 2.86. The molecule has 0 amide bonds. The van der Waals surface area contributed by atoms with Gasteiger partial charge in [-0.1, -0.05) is 11.6 Å². The van der Waals surface area contributed by atoms with Crippen LogP contribution in [0.4, 0.5) is 5.69 Å². The van der Waals surface area contributed by atoms with E-state index < -0.39 is 5.97 Å². The third-order valence-corrected chi connectivity index (χ3v) is 2.69. The molecule has 0 bridgehead atoms. The molecule has 0 aliphatic rings. The van der Waals surface area contributed by atoms with E-state index >= 15 is 0 Å². The molecule has 0 aliphatic carbocycles. The molecule has 1 rings (SSSR count). The number of ether oxygens (including phenoxy) is 1. The second kappa shape index (κ2) is 4.86. The van der Waals surface area contributed by atoms with Crippen LogP contribution in [0.2, 0.25) is 5.02 Å². The third-order valence-electron chi connectivity index (χ3n) is 1.69.